The maximum atomic E-state index is 12.2. The van der Waals surface area contributed by atoms with Crippen LogP contribution in [0.15, 0.2) is 40.9 Å². The molecule has 0 aliphatic carbocycles. The highest BCUT2D eigenvalue weighted by Crippen LogP contribution is 2.28. The number of aromatic hydroxyl groups is 1. The van der Waals surface area contributed by atoms with Crippen LogP contribution in [0.2, 0.25) is 5.02 Å². The molecule has 4 nitrogen and oxygen atoms in total. The van der Waals surface area contributed by atoms with E-state index in [4.69, 9.17) is 16.3 Å². The van der Waals surface area contributed by atoms with Crippen molar-refractivity contribution in [3.05, 3.63) is 51.5 Å². The van der Waals surface area contributed by atoms with Gasteiger partial charge in [-0.05, 0) is 36.4 Å². The van der Waals surface area contributed by atoms with E-state index in [1.807, 2.05) is 0 Å². The average molecular weight is 357 g/mol. The van der Waals surface area contributed by atoms with Crippen molar-refractivity contribution in [2.45, 2.75) is 0 Å². The van der Waals surface area contributed by atoms with Crippen LogP contribution in [-0.4, -0.2) is 18.1 Å². The van der Waals surface area contributed by atoms with Crippen molar-refractivity contribution in [2.75, 3.05) is 12.4 Å². The summed E-state index contributed by atoms with van der Waals surface area (Å²) in [6.07, 6.45) is 0. The van der Waals surface area contributed by atoms with E-state index in [9.17, 15) is 9.90 Å². The number of hydrogen-bond acceptors (Lipinski definition) is 3. The number of phenolic OH excluding ortho intramolecular Hbond substituents is 1. The lowest BCUT2D eigenvalue weighted by Gasteiger charge is -2.10. The predicted molar refractivity (Wildman–Crippen MR) is 81.8 cm³/mol. The fourth-order valence-electron chi connectivity index (χ4n) is 1.64. The summed E-state index contributed by atoms with van der Waals surface area (Å²) in [6, 6.07) is 9.56. The van der Waals surface area contributed by atoms with Gasteiger partial charge in [0.05, 0.1) is 17.7 Å². The zero-order chi connectivity index (χ0) is 14.7. The lowest BCUT2D eigenvalue weighted by Crippen LogP contribution is -2.13. The number of halogens is 2. The van der Waals surface area contributed by atoms with Crippen LogP contribution >= 0.6 is 27.5 Å². The molecule has 0 aliphatic heterocycles. The van der Waals surface area contributed by atoms with Crippen LogP contribution in [0.3, 0.4) is 0 Å². The number of carbonyl (C=O) groups excluding carboxylic acids is 1. The van der Waals surface area contributed by atoms with Gasteiger partial charge in [0.15, 0.2) is 0 Å². The predicted octanol–water partition coefficient (Wildman–Crippen LogP) is 4.07. The lowest BCUT2D eigenvalue weighted by molar-refractivity contribution is 0.102. The molecule has 1 amide bonds. The highest BCUT2D eigenvalue weighted by molar-refractivity contribution is 9.10. The summed E-state index contributed by atoms with van der Waals surface area (Å²) in [6.45, 7) is 0. The minimum atomic E-state index is -0.323. The minimum absolute atomic E-state index is 0.0362. The molecule has 0 spiro atoms. The van der Waals surface area contributed by atoms with Crippen molar-refractivity contribution in [2.24, 2.45) is 0 Å². The number of carbonyl (C=O) groups is 1. The van der Waals surface area contributed by atoms with E-state index in [0.717, 1.165) is 4.47 Å². The molecule has 6 heteroatoms. The summed E-state index contributed by atoms with van der Waals surface area (Å²) in [4.78, 5) is 12.2. The molecule has 0 saturated heterocycles. The molecule has 2 N–H and O–H groups in total. The Morgan fingerprint density at radius 3 is 2.70 bits per heavy atom. The average Bonchev–Trinajstić information content (AvgIpc) is 2.42. The maximum Gasteiger partial charge on any atom is 0.259 e. The Hall–Kier alpha value is -1.72. The van der Waals surface area contributed by atoms with Gasteiger partial charge < -0.3 is 15.2 Å². The van der Waals surface area contributed by atoms with Gasteiger partial charge in [0.25, 0.3) is 5.91 Å². The molecule has 0 aromatic heterocycles. The monoisotopic (exact) mass is 355 g/mol. The zero-order valence-corrected chi connectivity index (χ0v) is 12.8. The Bertz CT molecular complexity index is 661. The van der Waals surface area contributed by atoms with Gasteiger partial charge in [-0.25, -0.2) is 0 Å². The Balaban J connectivity index is 2.25. The van der Waals surface area contributed by atoms with Crippen LogP contribution in [0.5, 0.6) is 11.5 Å². The third-order valence-corrected chi connectivity index (χ3v) is 3.41. The normalized spacial score (nSPS) is 10.2. The fourth-order valence-corrected chi connectivity index (χ4v) is 2.16. The van der Waals surface area contributed by atoms with Gasteiger partial charge in [-0.2, -0.15) is 0 Å². The number of anilines is 1. The van der Waals surface area contributed by atoms with Crippen molar-refractivity contribution in [3.8, 4) is 11.5 Å². The van der Waals surface area contributed by atoms with E-state index < -0.39 is 0 Å². The van der Waals surface area contributed by atoms with E-state index >= 15 is 0 Å². The standard InChI is InChI=1S/C14H11BrClNO3/c1-20-13-6-8(15)2-4-10(13)14(19)17-9-3-5-12(18)11(16)7-9/h2-7,18H,1H3,(H,17,19). The van der Waals surface area contributed by atoms with Crippen LogP contribution in [0.1, 0.15) is 10.4 Å². The minimum Gasteiger partial charge on any atom is -0.506 e. The lowest BCUT2D eigenvalue weighted by atomic mass is 10.2. The number of hydrogen-bond donors (Lipinski definition) is 2. The van der Waals surface area contributed by atoms with Crippen molar-refractivity contribution in [1.29, 1.82) is 0 Å². The van der Waals surface area contributed by atoms with Crippen molar-refractivity contribution >= 4 is 39.1 Å². The molecule has 0 atom stereocenters. The summed E-state index contributed by atoms with van der Waals surface area (Å²) in [5, 5.41) is 12.2. The zero-order valence-electron chi connectivity index (χ0n) is 10.5. The van der Waals surface area contributed by atoms with Crippen LogP contribution in [-0.2, 0) is 0 Å². The molecule has 0 heterocycles. The first-order chi connectivity index (χ1) is 9.51. The Morgan fingerprint density at radius 2 is 2.05 bits per heavy atom. The second kappa shape index (κ2) is 6.15. The highest BCUT2D eigenvalue weighted by Gasteiger charge is 2.13. The van der Waals surface area contributed by atoms with Crippen LogP contribution in [0.4, 0.5) is 5.69 Å². The smallest absolute Gasteiger partial charge is 0.259 e. The summed E-state index contributed by atoms with van der Waals surface area (Å²) < 4.78 is 5.99. The number of amides is 1. The first kappa shape index (κ1) is 14.7. The van der Waals surface area contributed by atoms with Crippen molar-refractivity contribution < 1.29 is 14.6 Å². The molecule has 2 aromatic rings. The van der Waals surface area contributed by atoms with E-state index in [2.05, 4.69) is 21.2 Å². The molecule has 0 unspecified atom stereocenters. The number of phenols is 1. The first-order valence-corrected chi connectivity index (χ1v) is 6.82. The van der Waals surface area contributed by atoms with Gasteiger partial charge in [0, 0.05) is 10.2 Å². The highest BCUT2D eigenvalue weighted by atomic mass is 79.9. The Labute approximate surface area is 129 Å². The number of benzene rings is 2. The van der Waals surface area contributed by atoms with Crippen molar-refractivity contribution in [1.82, 2.24) is 0 Å². The maximum absolute atomic E-state index is 12.2. The summed E-state index contributed by atoms with van der Waals surface area (Å²) in [5.41, 5.74) is 0.891. The molecule has 2 rings (SSSR count). The summed E-state index contributed by atoms with van der Waals surface area (Å²) in [5.74, 6) is 0.101. The molecule has 0 aliphatic rings. The molecule has 0 fully saturated rings. The van der Waals surface area contributed by atoms with Crippen LogP contribution in [0.25, 0.3) is 0 Å². The topological polar surface area (TPSA) is 58.6 Å². The Morgan fingerprint density at radius 1 is 1.30 bits per heavy atom. The molecule has 0 radical (unpaired) electrons. The number of ether oxygens (including phenoxy) is 1. The summed E-state index contributed by atoms with van der Waals surface area (Å²) in [7, 11) is 1.50. The number of rotatable bonds is 3. The summed E-state index contributed by atoms with van der Waals surface area (Å²) >= 11 is 9.10. The van der Waals surface area contributed by atoms with Crippen LogP contribution < -0.4 is 10.1 Å². The SMILES string of the molecule is COc1cc(Br)ccc1C(=O)Nc1ccc(O)c(Cl)c1. The molecule has 2 aromatic carbocycles. The second-order valence-corrected chi connectivity index (χ2v) is 5.29. The largest absolute Gasteiger partial charge is 0.506 e. The van der Waals surface area contributed by atoms with E-state index in [0.29, 0.717) is 17.0 Å². The van der Waals surface area contributed by atoms with E-state index in [1.54, 1.807) is 24.3 Å². The molecule has 104 valence electrons. The second-order valence-electron chi connectivity index (χ2n) is 3.96. The van der Waals surface area contributed by atoms with Gasteiger partial charge in [0.1, 0.15) is 11.5 Å². The molecule has 20 heavy (non-hydrogen) atoms. The first-order valence-electron chi connectivity index (χ1n) is 5.64. The molecule has 0 saturated carbocycles. The molecule has 0 bridgehead atoms. The van der Waals surface area contributed by atoms with Gasteiger partial charge >= 0.3 is 0 Å². The van der Waals surface area contributed by atoms with Gasteiger partial charge in [-0.15, -0.1) is 0 Å². The molecular formula is C14H11BrClNO3. The Kier molecular flexibility index (Phi) is 4.52. The molecular weight excluding hydrogens is 346 g/mol. The van der Waals surface area contributed by atoms with E-state index in [-0.39, 0.29) is 16.7 Å². The van der Waals surface area contributed by atoms with Gasteiger partial charge in [0.2, 0.25) is 0 Å². The van der Waals surface area contributed by atoms with Gasteiger partial charge in [-0.3, -0.25) is 4.79 Å². The third kappa shape index (κ3) is 3.23. The fraction of sp³-hybridized carbons (Fsp3) is 0.0714. The third-order valence-electron chi connectivity index (χ3n) is 2.61. The quantitative estimate of drug-likeness (QED) is 0.815. The van der Waals surface area contributed by atoms with E-state index in [1.165, 1.54) is 19.2 Å². The van der Waals surface area contributed by atoms with Crippen molar-refractivity contribution in [3.63, 3.8) is 0 Å². The number of nitrogens with one attached hydrogen (secondary N) is 1. The van der Waals surface area contributed by atoms with Gasteiger partial charge in [-0.1, -0.05) is 27.5 Å². The van der Waals surface area contributed by atoms with Crippen LogP contribution in [0, 0.1) is 0 Å². The number of methoxy groups -OCH3 is 1.